The monoisotopic (exact) mass is 470 g/mol. The predicted octanol–water partition coefficient (Wildman–Crippen LogP) is 6.22. The van der Waals surface area contributed by atoms with Gasteiger partial charge in [0.05, 0.1) is 18.5 Å². The standard InChI is InChI=1S/C28H30N4O3/c1-28(2,3)35-27(33)32-25-17-20(16-19-11-12-22(34-4)18-23(19)25)24-13-15-30-26(31-24)10-7-9-21-8-5-6-14-29-21/h5-6,8,11-18H,7,9-10H2,1-4H3,(H,32,33). The van der Waals surface area contributed by atoms with E-state index in [1.807, 2.05) is 75.5 Å². The number of amides is 1. The van der Waals surface area contributed by atoms with E-state index in [1.54, 1.807) is 13.3 Å². The van der Waals surface area contributed by atoms with Crippen LogP contribution in [-0.2, 0) is 17.6 Å². The number of aryl methyl sites for hydroxylation is 2. The van der Waals surface area contributed by atoms with Crippen LogP contribution in [0.3, 0.4) is 0 Å². The molecule has 1 N–H and O–H groups in total. The third-order valence-corrected chi connectivity index (χ3v) is 5.36. The van der Waals surface area contributed by atoms with Crippen LogP contribution < -0.4 is 10.1 Å². The van der Waals surface area contributed by atoms with E-state index in [0.717, 1.165) is 52.8 Å². The third kappa shape index (κ3) is 6.53. The van der Waals surface area contributed by atoms with Gasteiger partial charge in [-0.05, 0) is 81.5 Å². The van der Waals surface area contributed by atoms with E-state index in [1.165, 1.54) is 0 Å². The summed E-state index contributed by atoms with van der Waals surface area (Å²) < 4.78 is 10.9. The van der Waals surface area contributed by atoms with E-state index in [4.69, 9.17) is 14.5 Å². The van der Waals surface area contributed by atoms with Crippen molar-refractivity contribution in [2.75, 3.05) is 12.4 Å². The zero-order chi connectivity index (χ0) is 24.8. The number of hydrogen-bond acceptors (Lipinski definition) is 6. The molecule has 2 heterocycles. The minimum Gasteiger partial charge on any atom is -0.497 e. The predicted molar refractivity (Wildman–Crippen MR) is 138 cm³/mol. The molecule has 0 saturated carbocycles. The fourth-order valence-electron chi connectivity index (χ4n) is 3.78. The number of fused-ring (bicyclic) bond motifs is 1. The Morgan fingerprint density at radius 3 is 2.57 bits per heavy atom. The maximum atomic E-state index is 12.6. The van der Waals surface area contributed by atoms with Crippen molar-refractivity contribution in [3.05, 3.63) is 78.5 Å². The number of hydrogen-bond donors (Lipinski definition) is 1. The molecule has 0 fully saturated rings. The Hall–Kier alpha value is -4.00. The first-order valence-corrected chi connectivity index (χ1v) is 11.6. The number of carbonyl (C=O) groups is 1. The molecule has 1 amide bonds. The number of methoxy groups -OCH3 is 1. The highest BCUT2D eigenvalue weighted by molar-refractivity contribution is 6.03. The van der Waals surface area contributed by atoms with Crippen molar-refractivity contribution in [2.45, 2.75) is 45.6 Å². The van der Waals surface area contributed by atoms with Gasteiger partial charge >= 0.3 is 6.09 Å². The molecule has 0 unspecified atom stereocenters. The van der Waals surface area contributed by atoms with Gasteiger partial charge in [-0.3, -0.25) is 10.3 Å². The molecule has 0 spiro atoms. The molecule has 2 aromatic carbocycles. The van der Waals surface area contributed by atoms with E-state index in [9.17, 15) is 4.79 Å². The quantitative estimate of drug-likeness (QED) is 0.345. The zero-order valence-electron chi connectivity index (χ0n) is 20.5. The SMILES string of the molecule is COc1ccc2cc(-c3ccnc(CCCc4ccccn4)n3)cc(NC(=O)OC(C)(C)C)c2c1. The Morgan fingerprint density at radius 1 is 0.971 bits per heavy atom. The van der Waals surface area contributed by atoms with Gasteiger partial charge in [0.25, 0.3) is 0 Å². The second kappa shape index (κ2) is 10.5. The van der Waals surface area contributed by atoms with Crippen LogP contribution in [0, 0.1) is 0 Å². The van der Waals surface area contributed by atoms with Crippen LogP contribution in [0.15, 0.2) is 67.0 Å². The van der Waals surface area contributed by atoms with Crippen LogP contribution in [-0.4, -0.2) is 33.8 Å². The Balaban J connectivity index is 1.62. The number of anilines is 1. The number of rotatable bonds is 7. The van der Waals surface area contributed by atoms with Gasteiger partial charge in [-0.2, -0.15) is 0 Å². The molecule has 7 nitrogen and oxygen atoms in total. The van der Waals surface area contributed by atoms with E-state index in [2.05, 4.69) is 21.4 Å². The topological polar surface area (TPSA) is 86.2 Å². The summed E-state index contributed by atoms with van der Waals surface area (Å²) in [5.74, 6) is 1.48. The average Bonchev–Trinajstić information content (AvgIpc) is 2.83. The van der Waals surface area contributed by atoms with Gasteiger partial charge < -0.3 is 9.47 Å². The van der Waals surface area contributed by atoms with Gasteiger partial charge in [-0.15, -0.1) is 0 Å². The lowest BCUT2D eigenvalue weighted by atomic mass is 10.0. The summed E-state index contributed by atoms with van der Waals surface area (Å²) in [6, 6.07) is 17.5. The van der Waals surface area contributed by atoms with E-state index in [0.29, 0.717) is 11.4 Å². The smallest absolute Gasteiger partial charge is 0.412 e. The van der Waals surface area contributed by atoms with Gasteiger partial charge in [0, 0.05) is 35.5 Å². The van der Waals surface area contributed by atoms with Crippen molar-refractivity contribution in [1.29, 1.82) is 0 Å². The van der Waals surface area contributed by atoms with Crippen molar-refractivity contribution in [2.24, 2.45) is 0 Å². The summed E-state index contributed by atoms with van der Waals surface area (Å²) in [6.07, 6.45) is 5.59. The molecule has 0 bridgehead atoms. The molecule has 4 rings (SSSR count). The minimum atomic E-state index is -0.605. The molecule has 180 valence electrons. The van der Waals surface area contributed by atoms with Crippen molar-refractivity contribution in [3.63, 3.8) is 0 Å². The van der Waals surface area contributed by atoms with Gasteiger partial charge in [-0.1, -0.05) is 12.1 Å². The van der Waals surface area contributed by atoms with Crippen molar-refractivity contribution >= 4 is 22.6 Å². The summed E-state index contributed by atoms with van der Waals surface area (Å²) in [4.78, 5) is 26.2. The van der Waals surface area contributed by atoms with Crippen LogP contribution in [0.1, 0.15) is 38.7 Å². The summed E-state index contributed by atoms with van der Waals surface area (Å²) in [5.41, 5.74) is 2.75. The Kier molecular flexibility index (Phi) is 7.25. The lowest BCUT2D eigenvalue weighted by Gasteiger charge is -2.20. The maximum Gasteiger partial charge on any atom is 0.412 e. The first-order chi connectivity index (χ1) is 16.8. The third-order valence-electron chi connectivity index (χ3n) is 5.36. The molecule has 0 radical (unpaired) electrons. The molecule has 0 atom stereocenters. The second-order valence-electron chi connectivity index (χ2n) is 9.27. The average molecular weight is 471 g/mol. The van der Waals surface area contributed by atoms with Gasteiger partial charge in [-0.25, -0.2) is 14.8 Å². The second-order valence-corrected chi connectivity index (χ2v) is 9.27. The molecular formula is C28H30N4O3. The number of nitrogens with one attached hydrogen (secondary N) is 1. The fraction of sp³-hybridized carbons (Fsp3) is 0.286. The number of aromatic nitrogens is 3. The highest BCUT2D eigenvalue weighted by Crippen LogP contribution is 2.33. The fourth-order valence-corrected chi connectivity index (χ4v) is 3.78. The Labute approximate surface area is 205 Å². The first kappa shape index (κ1) is 24.1. The van der Waals surface area contributed by atoms with Crippen molar-refractivity contribution in [1.82, 2.24) is 15.0 Å². The van der Waals surface area contributed by atoms with Crippen LogP contribution in [0.4, 0.5) is 10.5 Å². The van der Waals surface area contributed by atoms with Crippen LogP contribution in [0.2, 0.25) is 0 Å². The summed E-state index contributed by atoms with van der Waals surface area (Å²) >= 11 is 0. The largest absolute Gasteiger partial charge is 0.497 e. The highest BCUT2D eigenvalue weighted by Gasteiger charge is 2.18. The Morgan fingerprint density at radius 2 is 1.83 bits per heavy atom. The Bertz CT molecular complexity index is 1320. The number of benzene rings is 2. The number of ether oxygens (including phenoxy) is 2. The van der Waals surface area contributed by atoms with Crippen LogP contribution in [0.5, 0.6) is 5.75 Å². The highest BCUT2D eigenvalue weighted by atomic mass is 16.6. The number of pyridine rings is 1. The summed E-state index contributed by atoms with van der Waals surface area (Å²) in [6.45, 7) is 5.50. The molecule has 0 aliphatic rings. The zero-order valence-corrected chi connectivity index (χ0v) is 20.5. The molecule has 0 saturated heterocycles. The molecule has 2 aromatic heterocycles. The van der Waals surface area contributed by atoms with Crippen molar-refractivity contribution in [3.8, 4) is 17.0 Å². The molecule has 7 heteroatoms. The van der Waals surface area contributed by atoms with Crippen LogP contribution in [0.25, 0.3) is 22.0 Å². The summed E-state index contributed by atoms with van der Waals surface area (Å²) in [5, 5.41) is 4.70. The van der Waals surface area contributed by atoms with Gasteiger partial charge in [0.1, 0.15) is 17.2 Å². The number of carbonyl (C=O) groups excluding carboxylic acids is 1. The molecule has 35 heavy (non-hydrogen) atoms. The first-order valence-electron chi connectivity index (χ1n) is 11.6. The van der Waals surface area contributed by atoms with Crippen LogP contribution >= 0.6 is 0 Å². The normalized spacial score (nSPS) is 11.3. The van der Waals surface area contributed by atoms with Crippen molar-refractivity contribution < 1.29 is 14.3 Å². The lowest BCUT2D eigenvalue weighted by molar-refractivity contribution is 0.0636. The van der Waals surface area contributed by atoms with Gasteiger partial charge in [0.15, 0.2) is 0 Å². The lowest BCUT2D eigenvalue weighted by Crippen LogP contribution is -2.27. The van der Waals surface area contributed by atoms with E-state index >= 15 is 0 Å². The molecule has 4 aromatic rings. The van der Waals surface area contributed by atoms with E-state index in [-0.39, 0.29) is 0 Å². The van der Waals surface area contributed by atoms with E-state index < -0.39 is 11.7 Å². The molecule has 0 aliphatic carbocycles. The molecule has 0 aliphatic heterocycles. The summed E-state index contributed by atoms with van der Waals surface area (Å²) in [7, 11) is 1.62. The maximum absolute atomic E-state index is 12.6. The molecular weight excluding hydrogens is 440 g/mol. The number of nitrogens with zero attached hydrogens (tertiary/aromatic N) is 3. The van der Waals surface area contributed by atoms with Gasteiger partial charge in [0.2, 0.25) is 0 Å². The minimum absolute atomic E-state index is 0.517.